The Balaban J connectivity index is 1.52. The van der Waals surface area contributed by atoms with Gasteiger partial charge in [0.05, 0.1) is 24.4 Å². The van der Waals surface area contributed by atoms with Gasteiger partial charge in [0.15, 0.2) is 0 Å². The fraction of sp³-hybridized carbons (Fsp3) is 1.00. The average molecular weight is 477 g/mol. The van der Waals surface area contributed by atoms with E-state index in [0.29, 0.717) is 11.8 Å². The number of hydrogen-bond donors (Lipinski definition) is 4. The summed E-state index contributed by atoms with van der Waals surface area (Å²) in [5, 5.41) is 44.6. The SMILES string of the molecule is CC1(C)[C@H]2CC[C@@]3(C)C[C@@]4(O)CC[C@@H]5[C@](C)(CC[C@H](O)[C@]5(C)CO)[C@H]4CC[C@@H]3[C@@]2(C)CC[C@@H]1O. The lowest BCUT2D eigenvalue weighted by atomic mass is 9.41. The van der Waals surface area contributed by atoms with E-state index in [1.807, 2.05) is 0 Å². The average Bonchev–Trinajstić information content (AvgIpc) is 2.88. The topological polar surface area (TPSA) is 80.9 Å². The minimum Gasteiger partial charge on any atom is -0.396 e. The number of aliphatic hydroxyl groups is 4. The van der Waals surface area contributed by atoms with Crippen molar-refractivity contribution in [3.05, 3.63) is 0 Å². The summed E-state index contributed by atoms with van der Waals surface area (Å²) in [7, 11) is 0. The molecule has 11 atom stereocenters. The molecule has 5 rings (SSSR count). The van der Waals surface area contributed by atoms with Gasteiger partial charge in [-0.15, -0.1) is 0 Å². The zero-order chi connectivity index (χ0) is 24.9. The molecule has 34 heavy (non-hydrogen) atoms. The van der Waals surface area contributed by atoms with Crippen molar-refractivity contribution in [3.8, 4) is 0 Å². The maximum atomic E-state index is 12.4. The van der Waals surface area contributed by atoms with Crippen LogP contribution in [0.1, 0.15) is 112 Å². The molecule has 0 bridgehead atoms. The molecule has 4 nitrogen and oxygen atoms in total. The van der Waals surface area contributed by atoms with E-state index in [9.17, 15) is 20.4 Å². The van der Waals surface area contributed by atoms with Gasteiger partial charge in [-0.2, -0.15) is 0 Å². The Morgan fingerprint density at radius 1 is 0.618 bits per heavy atom. The van der Waals surface area contributed by atoms with Crippen LogP contribution in [0.3, 0.4) is 0 Å². The van der Waals surface area contributed by atoms with Gasteiger partial charge >= 0.3 is 0 Å². The maximum Gasteiger partial charge on any atom is 0.0686 e. The first-order chi connectivity index (χ1) is 15.7. The zero-order valence-electron chi connectivity index (χ0n) is 22.7. The highest BCUT2D eigenvalue weighted by Crippen LogP contribution is 2.71. The summed E-state index contributed by atoms with van der Waals surface area (Å²) in [6.45, 7) is 14.1. The fourth-order valence-corrected chi connectivity index (χ4v) is 11.8. The van der Waals surface area contributed by atoms with E-state index in [4.69, 9.17) is 0 Å². The van der Waals surface area contributed by atoms with Crippen molar-refractivity contribution in [2.45, 2.75) is 130 Å². The van der Waals surface area contributed by atoms with Gasteiger partial charge in [0, 0.05) is 5.41 Å². The molecule has 5 saturated carbocycles. The van der Waals surface area contributed by atoms with Crippen LogP contribution in [-0.2, 0) is 0 Å². The second-order valence-electron chi connectivity index (χ2n) is 15.4. The molecule has 5 aliphatic carbocycles. The molecule has 0 radical (unpaired) electrons. The van der Waals surface area contributed by atoms with Crippen LogP contribution in [0.2, 0.25) is 0 Å². The molecule has 0 aromatic heterocycles. The molecule has 0 aromatic rings. The van der Waals surface area contributed by atoms with Crippen LogP contribution >= 0.6 is 0 Å². The van der Waals surface area contributed by atoms with Crippen molar-refractivity contribution >= 4 is 0 Å². The molecular formula is C30H52O4. The zero-order valence-corrected chi connectivity index (χ0v) is 22.7. The third kappa shape index (κ3) is 3.16. The molecule has 0 saturated heterocycles. The minimum absolute atomic E-state index is 0.0249. The summed E-state index contributed by atoms with van der Waals surface area (Å²) in [5.74, 6) is 1.57. The van der Waals surface area contributed by atoms with Crippen molar-refractivity contribution in [1.82, 2.24) is 0 Å². The molecule has 0 spiro atoms. The van der Waals surface area contributed by atoms with Gasteiger partial charge in [0.2, 0.25) is 0 Å². The van der Waals surface area contributed by atoms with Gasteiger partial charge in [0.1, 0.15) is 0 Å². The first-order valence-corrected chi connectivity index (χ1v) is 14.4. The van der Waals surface area contributed by atoms with E-state index < -0.39 is 17.1 Å². The second kappa shape index (κ2) is 7.68. The van der Waals surface area contributed by atoms with E-state index in [0.717, 1.165) is 70.6 Å². The normalized spacial score (nSPS) is 59.1. The van der Waals surface area contributed by atoms with E-state index in [1.165, 1.54) is 0 Å². The summed E-state index contributed by atoms with van der Waals surface area (Å²) in [6, 6.07) is 0. The van der Waals surface area contributed by atoms with E-state index in [-0.39, 0.29) is 46.2 Å². The molecule has 196 valence electrons. The van der Waals surface area contributed by atoms with E-state index in [2.05, 4.69) is 41.5 Å². The summed E-state index contributed by atoms with van der Waals surface area (Å²) in [6.07, 6.45) is 10.1. The highest BCUT2D eigenvalue weighted by molar-refractivity contribution is 5.17. The molecule has 5 fully saturated rings. The van der Waals surface area contributed by atoms with Gasteiger partial charge in [-0.05, 0) is 116 Å². The first-order valence-electron chi connectivity index (χ1n) is 14.4. The fourth-order valence-electron chi connectivity index (χ4n) is 11.8. The van der Waals surface area contributed by atoms with Crippen molar-refractivity contribution in [2.75, 3.05) is 6.61 Å². The Bertz CT molecular complexity index is 812. The van der Waals surface area contributed by atoms with Gasteiger partial charge in [0.25, 0.3) is 0 Å². The molecule has 0 heterocycles. The van der Waals surface area contributed by atoms with Crippen LogP contribution in [0.4, 0.5) is 0 Å². The highest BCUT2D eigenvalue weighted by atomic mass is 16.3. The van der Waals surface area contributed by atoms with Crippen LogP contribution in [0, 0.1) is 50.7 Å². The van der Waals surface area contributed by atoms with Gasteiger partial charge in [-0.3, -0.25) is 0 Å². The maximum absolute atomic E-state index is 12.4. The number of hydrogen-bond acceptors (Lipinski definition) is 4. The smallest absolute Gasteiger partial charge is 0.0686 e. The Labute approximate surface area is 207 Å². The Hall–Kier alpha value is -0.160. The van der Waals surface area contributed by atoms with E-state index >= 15 is 0 Å². The lowest BCUT2D eigenvalue weighted by Crippen LogP contribution is -2.63. The third-order valence-corrected chi connectivity index (χ3v) is 13.6. The Morgan fingerprint density at radius 3 is 1.82 bits per heavy atom. The first kappa shape index (κ1) is 25.5. The summed E-state index contributed by atoms with van der Waals surface area (Å²) < 4.78 is 0. The van der Waals surface area contributed by atoms with Crippen molar-refractivity contribution in [2.24, 2.45) is 50.7 Å². The molecule has 4 heteroatoms. The predicted molar refractivity (Wildman–Crippen MR) is 135 cm³/mol. The summed E-state index contributed by atoms with van der Waals surface area (Å²) >= 11 is 0. The van der Waals surface area contributed by atoms with Gasteiger partial charge in [-0.1, -0.05) is 41.5 Å². The standard InChI is InChI=1S/C30H52O4/c1-25(2)19-9-13-26(3)17-30(34)16-10-21-28(5,15-12-24(33)29(21,6)18-31)22(30)8-7-20(26)27(19,4)14-11-23(25)32/h19-24,31-34H,7-18H2,1-6H3/t19-,20+,21-,22-,23+,24+,26+,27+,28+,29-,30+/m1/s1. The summed E-state index contributed by atoms with van der Waals surface area (Å²) in [5.41, 5.74) is -0.884. The summed E-state index contributed by atoms with van der Waals surface area (Å²) in [4.78, 5) is 0. The molecule has 0 aliphatic heterocycles. The predicted octanol–water partition coefficient (Wildman–Crippen LogP) is 5.31. The van der Waals surface area contributed by atoms with Crippen LogP contribution in [0.25, 0.3) is 0 Å². The molecular weight excluding hydrogens is 424 g/mol. The second-order valence-corrected chi connectivity index (χ2v) is 15.4. The Morgan fingerprint density at radius 2 is 1.18 bits per heavy atom. The largest absolute Gasteiger partial charge is 0.396 e. The van der Waals surface area contributed by atoms with Crippen molar-refractivity contribution < 1.29 is 20.4 Å². The van der Waals surface area contributed by atoms with E-state index in [1.54, 1.807) is 0 Å². The number of rotatable bonds is 1. The lowest BCUT2D eigenvalue weighted by molar-refractivity contribution is -0.222. The minimum atomic E-state index is -0.652. The molecule has 0 amide bonds. The van der Waals surface area contributed by atoms with Crippen molar-refractivity contribution in [3.63, 3.8) is 0 Å². The molecule has 0 unspecified atom stereocenters. The molecule has 5 aliphatic rings. The molecule has 4 N–H and O–H groups in total. The number of aliphatic hydroxyl groups excluding tert-OH is 3. The molecule has 0 aromatic carbocycles. The van der Waals surface area contributed by atoms with Crippen LogP contribution in [-0.4, -0.2) is 44.8 Å². The van der Waals surface area contributed by atoms with Crippen molar-refractivity contribution in [1.29, 1.82) is 0 Å². The quantitative estimate of drug-likeness (QED) is 0.414. The monoisotopic (exact) mass is 476 g/mol. The highest BCUT2D eigenvalue weighted by Gasteiger charge is 2.67. The van der Waals surface area contributed by atoms with Gasteiger partial charge < -0.3 is 20.4 Å². The third-order valence-electron chi connectivity index (χ3n) is 13.6. The van der Waals surface area contributed by atoms with Crippen LogP contribution in [0.15, 0.2) is 0 Å². The van der Waals surface area contributed by atoms with Crippen LogP contribution < -0.4 is 0 Å². The van der Waals surface area contributed by atoms with Gasteiger partial charge in [-0.25, -0.2) is 0 Å². The van der Waals surface area contributed by atoms with Crippen LogP contribution in [0.5, 0.6) is 0 Å². The Kier molecular flexibility index (Phi) is 5.76. The lowest BCUT2D eigenvalue weighted by Gasteiger charge is -2.65. The number of fused-ring (bicyclic) bond motifs is 6.